The minimum atomic E-state index is -0.667. The molecule has 0 aromatic rings. The van der Waals surface area contributed by atoms with Gasteiger partial charge in [0.05, 0.1) is 24.2 Å². The van der Waals surface area contributed by atoms with Crippen molar-refractivity contribution in [3.05, 3.63) is 0 Å². The zero-order valence-electron chi connectivity index (χ0n) is 13.3. The van der Waals surface area contributed by atoms with Gasteiger partial charge >= 0.3 is 5.97 Å². The van der Waals surface area contributed by atoms with Crippen molar-refractivity contribution in [3.63, 3.8) is 0 Å². The normalized spacial score (nSPS) is 36.0. The largest absolute Gasteiger partial charge is 0.466 e. The van der Waals surface area contributed by atoms with E-state index < -0.39 is 5.60 Å². The van der Waals surface area contributed by atoms with Crippen molar-refractivity contribution >= 4 is 5.97 Å². The molecular formula is C16H29NO4. The number of nitrogens with one attached hydrogen (secondary N) is 1. The van der Waals surface area contributed by atoms with Crippen LogP contribution in [0.1, 0.15) is 52.4 Å². The second kappa shape index (κ2) is 7.56. The topological polar surface area (TPSA) is 67.8 Å². The molecule has 0 aromatic heterocycles. The number of ether oxygens (including phenoxy) is 2. The lowest BCUT2D eigenvalue weighted by Gasteiger charge is -2.40. The molecule has 0 spiro atoms. The van der Waals surface area contributed by atoms with Crippen LogP contribution in [0.25, 0.3) is 0 Å². The number of carbonyl (C=O) groups excluding carboxylic acids is 1. The van der Waals surface area contributed by atoms with E-state index in [-0.39, 0.29) is 11.9 Å². The molecule has 2 saturated carbocycles. The van der Waals surface area contributed by atoms with E-state index in [1.807, 2.05) is 13.8 Å². The molecule has 0 saturated heterocycles. The summed E-state index contributed by atoms with van der Waals surface area (Å²) in [5.74, 6) is -0.137. The van der Waals surface area contributed by atoms with Crippen molar-refractivity contribution in [2.45, 2.75) is 70.1 Å². The molecule has 5 nitrogen and oxygen atoms in total. The Morgan fingerprint density at radius 2 is 1.90 bits per heavy atom. The van der Waals surface area contributed by atoms with E-state index >= 15 is 0 Å². The van der Waals surface area contributed by atoms with Gasteiger partial charge < -0.3 is 19.9 Å². The second-order valence-electron chi connectivity index (χ2n) is 6.38. The van der Waals surface area contributed by atoms with E-state index in [1.54, 1.807) is 0 Å². The molecule has 2 aliphatic carbocycles. The van der Waals surface area contributed by atoms with Gasteiger partial charge in [-0.3, -0.25) is 4.79 Å². The fraction of sp³-hybridized carbons (Fsp3) is 0.938. The molecule has 0 bridgehead atoms. The number of rotatable bonds is 7. The van der Waals surface area contributed by atoms with Crippen LogP contribution in [0.5, 0.6) is 0 Å². The molecule has 0 aromatic carbocycles. The van der Waals surface area contributed by atoms with Crippen LogP contribution >= 0.6 is 0 Å². The number of esters is 1. The molecule has 0 radical (unpaired) electrons. The molecule has 0 amide bonds. The van der Waals surface area contributed by atoms with Gasteiger partial charge in [0, 0.05) is 19.2 Å². The van der Waals surface area contributed by atoms with E-state index in [4.69, 9.17) is 9.47 Å². The minimum Gasteiger partial charge on any atom is -0.466 e. The van der Waals surface area contributed by atoms with Gasteiger partial charge in [0.1, 0.15) is 0 Å². The predicted octanol–water partition coefficient (Wildman–Crippen LogP) is 1.63. The third-order valence-electron chi connectivity index (χ3n) is 4.75. The SMILES string of the molecule is CCOC(=O)C1CCC(O)(CNC2CC(OCC)C2)CC1. The first-order valence-electron chi connectivity index (χ1n) is 8.30. The Balaban J connectivity index is 1.65. The molecule has 0 aliphatic heterocycles. The highest BCUT2D eigenvalue weighted by Crippen LogP contribution is 2.33. The van der Waals surface area contributed by atoms with Crippen LogP contribution in [-0.2, 0) is 14.3 Å². The molecule has 2 N–H and O–H groups in total. The first-order chi connectivity index (χ1) is 10.1. The Bertz CT molecular complexity index is 333. The van der Waals surface area contributed by atoms with Gasteiger partial charge in [0.2, 0.25) is 0 Å². The Kier molecular flexibility index (Phi) is 6.02. The third-order valence-corrected chi connectivity index (χ3v) is 4.75. The predicted molar refractivity (Wildman–Crippen MR) is 80.0 cm³/mol. The molecule has 0 heterocycles. The lowest BCUT2D eigenvalue weighted by atomic mass is 9.78. The highest BCUT2D eigenvalue weighted by molar-refractivity contribution is 5.72. The van der Waals surface area contributed by atoms with Crippen molar-refractivity contribution < 1.29 is 19.4 Å². The maximum absolute atomic E-state index is 11.7. The van der Waals surface area contributed by atoms with Crippen LogP contribution < -0.4 is 5.32 Å². The molecule has 2 fully saturated rings. The van der Waals surface area contributed by atoms with Crippen LogP contribution in [0.2, 0.25) is 0 Å². The average molecular weight is 299 g/mol. The third kappa shape index (κ3) is 4.66. The van der Waals surface area contributed by atoms with E-state index in [0.717, 1.165) is 32.3 Å². The first kappa shape index (κ1) is 16.7. The number of hydrogen-bond acceptors (Lipinski definition) is 5. The van der Waals surface area contributed by atoms with E-state index in [9.17, 15) is 9.90 Å². The summed E-state index contributed by atoms with van der Waals surface area (Å²) in [4.78, 5) is 11.7. The molecule has 0 atom stereocenters. The maximum atomic E-state index is 11.7. The zero-order valence-corrected chi connectivity index (χ0v) is 13.3. The molecule has 21 heavy (non-hydrogen) atoms. The zero-order chi connectivity index (χ0) is 15.3. The van der Waals surface area contributed by atoms with E-state index in [1.165, 1.54) is 0 Å². The fourth-order valence-corrected chi connectivity index (χ4v) is 3.27. The smallest absolute Gasteiger partial charge is 0.308 e. The highest BCUT2D eigenvalue weighted by Gasteiger charge is 2.38. The fourth-order valence-electron chi connectivity index (χ4n) is 3.27. The van der Waals surface area contributed by atoms with E-state index in [2.05, 4.69) is 5.32 Å². The van der Waals surface area contributed by atoms with Gasteiger partial charge in [-0.25, -0.2) is 0 Å². The van der Waals surface area contributed by atoms with Crippen LogP contribution in [0, 0.1) is 5.92 Å². The molecule has 5 heteroatoms. The van der Waals surface area contributed by atoms with Gasteiger partial charge in [-0.2, -0.15) is 0 Å². The van der Waals surface area contributed by atoms with Crippen molar-refractivity contribution in [2.24, 2.45) is 5.92 Å². The molecule has 122 valence electrons. The van der Waals surface area contributed by atoms with Crippen LogP contribution in [-0.4, -0.2) is 48.6 Å². The van der Waals surface area contributed by atoms with Crippen LogP contribution in [0.15, 0.2) is 0 Å². The summed E-state index contributed by atoms with van der Waals surface area (Å²) in [5, 5.41) is 14.0. The lowest BCUT2D eigenvalue weighted by Crippen LogP contribution is -2.52. The van der Waals surface area contributed by atoms with Gasteiger partial charge in [-0.15, -0.1) is 0 Å². The summed E-state index contributed by atoms with van der Waals surface area (Å²) in [6.45, 7) is 5.67. The summed E-state index contributed by atoms with van der Waals surface area (Å²) in [5.41, 5.74) is -0.667. The molecule has 0 unspecified atom stereocenters. The summed E-state index contributed by atoms with van der Waals surface area (Å²) >= 11 is 0. The van der Waals surface area contributed by atoms with Crippen molar-refractivity contribution in [1.82, 2.24) is 5.32 Å². The Labute approximate surface area is 127 Å². The van der Waals surface area contributed by atoms with Crippen molar-refractivity contribution in [1.29, 1.82) is 0 Å². The number of aliphatic hydroxyl groups is 1. The summed E-state index contributed by atoms with van der Waals surface area (Å²) in [6, 6.07) is 0.466. The quantitative estimate of drug-likeness (QED) is 0.699. The molecule has 2 rings (SSSR count). The number of hydrogen-bond donors (Lipinski definition) is 2. The van der Waals surface area contributed by atoms with Gasteiger partial charge in [0.25, 0.3) is 0 Å². The summed E-state index contributed by atoms with van der Waals surface area (Å²) in [7, 11) is 0. The maximum Gasteiger partial charge on any atom is 0.308 e. The highest BCUT2D eigenvalue weighted by atomic mass is 16.5. The molecular weight excluding hydrogens is 270 g/mol. The van der Waals surface area contributed by atoms with Crippen molar-refractivity contribution in [3.8, 4) is 0 Å². The average Bonchev–Trinajstić information content (AvgIpc) is 2.42. The molecule has 2 aliphatic rings. The monoisotopic (exact) mass is 299 g/mol. The standard InChI is InChI=1S/C16H29NO4/c1-3-20-14-9-13(10-14)17-11-16(19)7-5-12(6-8-16)15(18)21-4-2/h12-14,17,19H,3-11H2,1-2H3. The number of carbonyl (C=O) groups is 1. The van der Waals surface area contributed by atoms with Gasteiger partial charge in [-0.05, 0) is 52.4 Å². The minimum absolute atomic E-state index is 0.0312. The summed E-state index contributed by atoms with van der Waals surface area (Å²) in [6.07, 6.45) is 5.26. The Morgan fingerprint density at radius 3 is 2.48 bits per heavy atom. The summed E-state index contributed by atoms with van der Waals surface area (Å²) < 4.78 is 10.6. The van der Waals surface area contributed by atoms with Gasteiger partial charge in [-0.1, -0.05) is 0 Å². The van der Waals surface area contributed by atoms with Crippen LogP contribution in [0.4, 0.5) is 0 Å². The second-order valence-corrected chi connectivity index (χ2v) is 6.38. The Hall–Kier alpha value is -0.650. The van der Waals surface area contributed by atoms with Crippen LogP contribution in [0.3, 0.4) is 0 Å². The van der Waals surface area contributed by atoms with Crippen molar-refractivity contribution in [2.75, 3.05) is 19.8 Å². The lowest BCUT2D eigenvalue weighted by molar-refractivity contribution is -0.151. The van der Waals surface area contributed by atoms with Gasteiger partial charge in [0.15, 0.2) is 0 Å². The van der Waals surface area contributed by atoms with E-state index in [0.29, 0.717) is 38.1 Å². The first-order valence-corrected chi connectivity index (χ1v) is 8.30. The Morgan fingerprint density at radius 1 is 1.24 bits per heavy atom.